The normalized spacial score (nSPS) is 19.2. The highest BCUT2D eigenvalue weighted by molar-refractivity contribution is 6.10. The molecule has 0 spiro atoms. The molecule has 0 unspecified atom stereocenters. The topological polar surface area (TPSA) is 88.0 Å². The number of anilines is 2. The Morgan fingerprint density at radius 1 is 1.07 bits per heavy atom. The van der Waals surface area contributed by atoms with E-state index in [1.54, 1.807) is 19.4 Å². The van der Waals surface area contributed by atoms with Crippen LogP contribution >= 0.6 is 0 Å². The van der Waals surface area contributed by atoms with Gasteiger partial charge >= 0.3 is 6.18 Å². The van der Waals surface area contributed by atoms with Gasteiger partial charge in [0.15, 0.2) is 0 Å². The minimum atomic E-state index is -4.58. The van der Waals surface area contributed by atoms with Crippen LogP contribution in [0.25, 0.3) is 0 Å². The third kappa shape index (κ3) is 4.63. The maximum Gasteiger partial charge on any atom is 0.416 e. The number of amides is 1. The molecule has 6 rings (SSSR count). The Morgan fingerprint density at radius 2 is 1.82 bits per heavy atom. The van der Waals surface area contributed by atoms with Crippen molar-refractivity contribution < 1.29 is 18.0 Å². The molecule has 1 aliphatic heterocycles. The fraction of sp³-hybridized carbons (Fsp3) is 0.517. The van der Waals surface area contributed by atoms with Gasteiger partial charge in [0, 0.05) is 43.6 Å². The predicted molar refractivity (Wildman–Crippen MR) is 145 cm³/mol. The Balaban J connectivity index is 1.35. The maximum atomic E-state index is 14.2. The number of alkyl halides is 3. The van der Waals surface area contributed by atoms with Crippen molar-refractivity contribution in [1.82, 2.24) is 25.1 Å². The van der Waals surface area contributed by atoms with E-state index in [9.17, 15) is 18.0 Å². The number of aromatic nitrogens is 4. The summed E-state index contributed by atoms with van der Waals surface area (Å²) in [6.07, 6.45) is 3.80. The van der Waals surface area contributed by atoms with Crippen LogP contribution in [0.4, 0.5) is 24.8 Å². The number of pyridine rings is 1. The molecule has 2 N–H and O–H groups in total. The second kappa shape index (κ2) is 9.57. The Morgan fingerprint density at radius 3 is 2.40 bits per heavy atom. The van der Waals surface area contributed by atoms with Gasteiger partial charge in [0.2, 0.25) is 0 Å². The molecule has 0 radical (unpaired) electrons. The van der Waals surface area contributed by atoms with Crippen molar-refractivity contribution in [2.45, 2.75) is 82.1 Å². The van der Waals surface area contributed by atoms with Crippen molar-refractivity contribution >= 4 is 17.5 Å². The van der Waals surface area contributed by atoms with Gasteiger partial charge in [-0.05, 0) is 80.0 Å². The lowest BCUT2D eigenvalue weighted by molar-refractivity contribution is -0.138. The average Bonchev–Trinajstić information content (AvgIpc) is 3.44. The number of nitrogens with one attached hydrogen (secondary N) is 2. The number of aryl methyl sites for hydroxylation is 1. The molecule has 11 heteroatoms. The van der Waals surface area contributed by atoms with E-state index in [4.69, 9.17) is 0 Å². The van der Waals surface area contributed by atoms with Gasteiger partial charge in [-0.3, -0.25) is 9.69 Å². The minimum Gasteiger partial charge on any atom is -0.373 e. The molecule has 1 aromatic carbocycles. The molecule has 3 aromatic rings. The van der Waals surface area contributed by atoms with E-state index in [2.05, 4.69) is 32.7 Å². The summed E-state index contributed by atoms with van der Waals surface area (Å²) in [7, 11) is 3.66. The Kier molecular flexibility index (Phi) is 6.40. The zero-order valence-electron chi connectivity index (χ0n) is 23.0. The molecule has 1 amide bonds. The molecule has 3 heterocycles. The second-order valence-electron chi connectivity index (χ2n) is 11.8. The van der Waals surface area contributed by atoms with Crippen molar-refractivity contribution in [3.63, 3.8) is 0 Å². The zero-order chi connectivity index (χ0) is 28.3. The smallest absolute Gasteiger partial charge is 0.373 e. The number of benzene rings is 1. The first-order valence-corrected chi connectivity index (χ1v) is 13.8. The molecule has 8 nitrogen and oxygen atoms in total. The summed E-state index contributed by atoms with van der Waals surface area (Å²) in [6, 6.07) is 6.65. The van der Waals surface area contributed by atoms with Gasteiger partial charge in [-0.2, -0.15) is 13.2 Å². The van der Waals surface area contributed by atoms with Gasteiger partial charge in [0.05, 0.1) is 12.1 Å². The lowest BCUT2D eigenvalue weighted by Crippen LogP contribution is -2.47. The quantitative estimate of drug-likeness (QED) is 0.402. The predicted octanol–water partition coefficient (Wildman–Crippen LogP) is 5.13. The van der Waals surface area contributed by atoms with E-state index < -0.39 is 17.6 Å². The van der Waals surface area contributed by atoms with Gasteiger partial charge in [0.1, 0.15) is 23.8 Å². The molecule has 2 aromatic heterocycles. The van der Waals surface area contributed by atoms with Crippen LogP contribution in [-0.4, -0.2) is 38.2 Å². The van der Waals surface area contributed by atoms with Crippen LogP contribution in [0, 0.1) is 0 Å². The van der Waals surface area contributed by atoms with Crippen LogP contribution in [0.3, 0.4) is 0 Å². The summed E-state index contributed by atoms with van der Waals surface area (Å²) < 4.78 is 44.6. The molecule has 0 saturated heterocycles. The zero-order valence-corrected chi connectivity index (χ0v) is 23.0. The standard InChI is InChI=1S/C29H34F3N7O/c1-27(6-4-7-27)34-15-18-10-20-21(22(11-18)29(30,31)32)16-39(26(20)40)24-13-19(12-23(33-2)36-24)28(8-5-9-28)14-25-37-35-17-38(25)3/h10-13,17,34H,4-9,14-16H2,1-3H3,(H,33,36). The van der Waals surface area contributed by atoms with Gasteiger partial charge in [-0.25, -0.2) is 4.98 Å². The number of carbonyl (C=O) groups excluding carboxylic acids is 1. The van der Waals surface area contributed by atoms with Crippen LogP contribution in [0.5, 0.6) is 0 Å². The van der Waals surface area contributed by atoms with Crippen LogP contribution in [0.15, 0.2) is 30.6 Å². The number of fused-ring (bicyclic) bond motifs is 1. The molecule has 2 aliphatic carbocycles. The second-order valence-corrected chi connectivity index (χ2v) is 11.8. The fourth-order valence-corrected chi connectivity index (χ4v) is 6.24. The number of halogens is 3. The molecule has 40 heavy (non-hydrogen) atoms. The lowest BCUT2D eigenvalue weighted by Gasteiger charge is -2.42. The first kappa shape index (κ1) is 26.7. The third-order valence-electron chi connectivity index (χ3n) is 9.15. The largest absolute Gasteiger partial charge is 0.416 e. The average molecular weight is 554 g/mol. The van der Waals surface area contributed by atoms with E-state index in [0.717, 1.165) is 49.9 Å². The monoisotopic (exact) mass is 553 g/mol. The van der Waals surface area contributed by atoms with Gasteiger partial charge < -0.3 is 15.2 Å². The van der Waals surface area contributed by atoms with Gasteiger partial charge in [-0.1, -0.05) is 6.42 Å². The van der Waals surface area contributed by atoms with Crippen molar-refractivity contribution in [2.24, 2.45) is 7.05 Å². The van der Waals surface area contributed by atoms with Crippen molar-refractivity contribution in [2.75, 3.05) is 17.3 Å². The van der Waals surface area contributed by atoms with E-state index in [1.165, 1.54) is 11.0 Å². The number of rotatable bonds is 8. The highest BCUT2D eigenvalue weighted by Crippen LogP contribution is 2.48. The summed E-state index contributed by atoms with van der Waals surface area (Å²) >= 11 is 0. The molecule has 2 fully saturated rings. The van der Waals surface area contributed by atoms with Crippen molar-refractivity contribution in [1.29, 1.82) is 0 Å². The molecule has 0 bridgehead atoms. The van der Waals surface area contributed by atoms with Crippen molar-refractivity contribution in [3.05, 3.63) is 64.2 Å². The molecule has 2 saturated carbocycles. The molecule has 3 aliphatic rings. The summed E-state index contributed by atoms with van der Waals surface area (Å²) in [4.78, 5) is 19.7. The highest BCUT2D eigenvalue weighted by atomic mass is 19.4. The van der Waals surface area contributed by atoms with Crippen LogP contribution in [0.2, 0.25) is 0 Å². The number of carbonyl (C=O) groups is 1. The summed E-state index contributed by atoms with van der Waals surface area (Å²) in [6.45, 7) is 2.19. The highest BCUT2D eigenvalue weighted by Gasteiger charge is 2.43. The summed E-state index contributed by atoms with van der Waals surface area (Å²) in [5, 5.41) is 14.8. The molecular formula is C29H34F3N7O. The fourth-order valence-electron chi connectivity index (χ4n) is 6.24. The van der Waals surface area contributed by atoms with Gasteiger partial charge in [0.25, 0.3) is 5.91 Å². The minimum absolute atomic E-state index is 0.00626. The summed E-state index contributed by atoms with van der Waals surface area (Å²) in [5.41, 5.74) is 0.544. The van der Waals surface area contributed by atoms with Crippen LogP contribution in [0.1, 0.15) is 83.9 Å². The van der Waals surface area contributed by atoms with E-state index in [-0.39, 0.29) is 35.2 Å². The first-order valence-electron chi connectivity index (χ1n) is 13.8. The first-order chi connectivity index (χ1) is 19.0. The van der Waals surface area contributed by atoms with Crippen LogP contribution in [-0.2, 0) is 38.1 Å². The SMILES string of the molecule is CNc1cc(C2(Cc3nncn3C)CCC2)cc(N2Cc3c(cc(CNC4(C)CCC4)cc3C(F)(F)F)C2=O)n1. The van der Waals surface area contributed by atoms with E-state index in [1.807, 2.05) is 23.7 Å². The lowest BCUT2D eigenvalue weighted by atomic mass is 9.62. The molecular weight excluding hydrogens is 519 g/mol. The molecule has 0 atom stereocenters. The van der Waals surface area contributed by atoms with Gasteiger partial charge in [-0.15, -0.1) is 10.2 Å². The Labute approximate surface area is 231 Å². The maximum absolute atomic E-state index is 14.2. The van der Waals surface area contributed by atoms with E-state index >= 15 is 0 Å². The third-order valence-corrected chi connectivity index (χ3v) is 9.15. The van der Waals surface area contributed by atoms with Crippen molar-refractivity contribution in [3.8, 4) is 0 Å². The Bertz CT molecular complexity index is 1460. The number of hydrogen-bond acceptors (Lipinski definition) is 6. The number of nitrogens with zero attached hydrogens (tertiary/aromatic N) is 5. The van der Waals surface area contributed by atoms with E-state index in [0.29, 0.717) is 23.6 Å². The van der Waals surface area contributed by atoms with Crippen LogP contribution < -0.4 is 15.5 Å². The summed E-state index contributed by atoms with van der Waals surface area (Å²) in [5.74, 6) is 1.32. The Hall–Kier alpha value is -3.47. The molecule has 212 valence electrons. The number of hydrogen-bond donors (Lipinski definition) is 2.